The summed E-state index contributed by atoms with van der Waals surface area (Å²) in [6.45, 7) is 8.96. The van der Waals surface area contributed by atoms with Crippen molar-refractivity contribution in [3.63, 3.8) is 0 Å². The molecule has 0 saturated heterocycles. The Morgan fingerprint density at radius 2 is 1.83 bits per heavy atom. The molecule has 0 saturated carbocycles. The van der Waals surface area contributed by atoms with Crippen molar-refractivity contribution in [1.29, 1.82) is 0 Å². The van der Waals surface area contributed by atoms with Crippen LogP contribution in [0.15, 0.2) is 23.6 Å². The lowest BCUT2D eigenvalue weighted by Gasteiger charge is -1.86. The van der Waals surface area contributed by atoms with E-state index in [9.17, 15) is 4.39 Å². The molecule has 12 heavy (non-hydrogen) atoms. The highest BCUT2D eigenvalue weighted by atomic mass is 19.1. The molecule has 0 aliphatic heterocycles. The van der Waals surface area contributed by atoms with Crippen molar-refractivity contribution in [1.82, 2.24) is 0 Å². The highest BCUT2D eigenvalue weighted by molar-refractivity contribution is 5.37. The van der Waals surface area contributed by atoms with Gasteiger partial charge in [0.2, 0.25) is 0 Å². The van der Waals surface area contributed by atoms with Crippen LogP contribution in [0.5, 0.6) is 0 Å². The summed E-state index contributed by atoms with van der Waals surface area (Å²) in [6, 6.07) is 0. The maximum Gasteiger partial charge on any atom is 0.0980 e. The Morgan fingerprint density at radius 3 is 2.08 bits per heavy atom. The first kappa shape index (κ1) is 13.6. The van der Waals surface area contributed by atoms with E-state index in [4.69, 9.17) is 0 Å². The van der Waals surface area contributed by atoms with Crippen LogP contribution in [0.1, 0.15) is 34.6 Å². The second-order valence-electron chi connectivity index (χ2n) is 1.85. The van der Waals surface area contributed by atoms with Crippen molar-refractivity contribution in [2.45, 2.75) is 34.6 Å². The van der Waals surface area contributed by atoms with Crippen molar-refractivity contribution in [2.75, 3.05) is 0 Å². The van der Waals surface area contributed by atoms with Gasteiger partial charge in [-0.25, -0.2) is 4.39 Å². The zero-order valence-electron chi connectivity index (χ0n) is 8.53. The van der Waals surface area contributed by atoms with Gasteiger partial charge >= 0.3 is 0 Å². The minimum atomic E-state index is -0.212. The second-order valence-corrected chi connectivity index (χ2v) is 1.85. The van der Waals surface area contributed by atoms with Crippen molar-refractivity contribution in [2.24, 2.45) is 0 Å². The molecule has 68 valence electrons. The predicted octanol–water partition coefficient (Wildman–Crippen LogP) is 3.86. The fourth-order valence-electron chi connectivity index (χ4n) is 0.550. The fourth-order valence-corrected chi connectivity index (χ4v) is 0.550. The summed E-state index contributed by atoms with van der Waals surface area (Å²) >= 11 is 0. The van der Waals surface area contributed by atoms with E-state index >= 15 is 0 Å². The lowest BCUT2D eigenvalue weighted by atomic mass is 10.2. The molecule has 1 heteroatoms. The fraction of sp³-hybridized carbons (Fsp3) is 0.455. The Hall–Kier alpha value is -1.03. The third-order valence-electron chi connectivity index (χ3n) is 0.935. The molecule has 0 fully saturated rings. The largest absolute Gasteiger partial charge is 0.212 e. The van der Waals surface area contributed by atoms with Crippen LogP contribution < -0.4 is 0 Å². The molecule has 0 aromatic rings. The normalized spacial score (nSPS) is 10.8. The highest BCUT2D eigenvalue weighted by Crippen LogP contribution is 2.01. The summed E-state index contributed by atoms with van der Waals surface area (Å²) in [5.41, 5.74) is 0.725. The standard InChI is InChI=1S/C9H11F.C2H6/c1-4-6-9(5-2)7-8(3)10;1-2/h5,7H,1-3H3;1-2H3/b8-7+,9-5-;. The third kappa shape index (κ3) is 8.97. The Bertz CT molecular complexity index is 207. The summed E-state index contributed by atoms with van der Waals surface area (Å²) in [7, 11) is 0. The van der Waals surface area contributed by atoms with E-state index in [-0.39, 0.29) is 5.83 Å². The molecule has 0 aliphatic rings. The van der Waals surface area contributed by atoms with Gasteiger partial charge in [-0.15, -0.1) is 5.92 Å². The van der Waals surface area contributed by atoms with E-state index in [1.807, 2.05) is 20.8 Å². The minimum Gasteiger partial charge on any atom is -0.212 e. The molecule has 0 aromatic carbocycles. The van der Waals surface area contributed by atoms with Gasteiger partial charge in [-0.1, -0.05) is 25.8 Å². The zero-order chi connectivity index (χ0) is 9.98. The van der Waals surface area contributed by atoms with Crippen LogP contribution in [0, 0.1) is 11.8 Å². The summed E-state index contributed by atoms with van der Waals surface area (Å²) in [5.74, 6) is 5.24. The molecule has 0 radical (unpaired) electrons. The van der Waals surface area contributed by atoms with E-state index in [0.717, 1.165) is 5.57 Å². The van der Waals surface area contributed by atoms with Crippen molar-refractivity contribution < 1.29 is 4.39 Å². The SMILES string of the molecule is CC.CC#CC(/C=C(\C)F)=C/C. The molecule has 0 rings (SSSR count). The number of rotatable bonds is 1. The van der Waals surface area contributed by atoms with Gasteiger partial charge < -0.3 is 0 Å². The van der Waals surface area contributed by atoms with Gasteiger partial charge in [0.15, 0.2) is 0 Å². The molecule has 0 nitrogen and oxygen atoms in total. The Balaban J connectivity index is 0. The van der Waals surface area contributed by atoms with E-state index in [1.165, 1.54) is 13.0 Å². The lowest BCUT2D eigenvalue weighted by molar-refractivity contribution is 0.640. The Labute approximate surface area is 75.2 Å². The van der Waals surface area contributed by atoms with Crippen LogP contribution in [0.4, 0.5) is 4.39 Å². The minimum absolute atomic E-state index is 0.212. The quantitative estimate of drug-likeness (QED) is 0.412. The van der Waals surface area contributed by atoms with Crippen LogP contribution in [-0.4, -0.2) is 0 Å². The molecule has 0 N–H and O–H groups in total. The van der Waals surface area contributed by atoms with Gasteiger partial charge in [-0.2, -0.15) is 0 Å². The first-order valence-electron chi connectivity index (χ1n) is 4.13. The second kappa shape index (κ2) is 9.97. The first-order chi connectivity index (χ1) is 5.70. The molecule has 0 aliphatic carbocycles. The molecule has 0 amide bonds. The zero-order valence-corrected chi connectivity index (χ0v) is 8.53. The average molecular weight is 168 g/mol. The summed E-state index contributed by atoms with van der Waals surface area (Å²) in [6.07, 6.45) is 3.19. The van der Waals surface area contributed by atoms with Gasteiger partial charge in [-0.3, -0.25) is 0 Å². The molecule has 0 aromatic heterocycles. The molecule has 0 heterocycles. The topological polar surface area (TPSA) is 0 Å². The molecule has 0 bridgehead atoms. The Morgan fingerprint density at radius 1 is 1.33 bits per heavy atom. The molecule has 0 spiro atoms. The molecule has 0 atom stereocenters. The van der Waals surface area contributed by atoms with Crippen LogP contribution >= 0.6 is 0 Å². The maximum atomic E-state index is 12.2. The van der Waals surface area contributed by atoms with Crippen LogP contribution in [0.2, 0.25) is 0 Å². The third-order valence-corrected chi connectivity index (χ3v) is 0.935. The van der Waals surface area contributed by atoms with Crippen molar-refractivity contribution in [3.8, 4) is 11.8 Å². The monoisotopic (exact) mass is 168 g/mol. The van der Waals surface area contributed by atoms with Gasteiger partial charge in [0.1, 0.15) is 0 Å². The lowest BCUT2D eigenvalue weighted by Crippen LogP contribution is -1.71. The van der Waals surface area contributed by atoms with E-state index < -0.39 is 0 Å². The number of allylic oxidation sites excluding steroid dienone is 4. The van der Waals surface area contributed by atoms with Crippen molar-refractivity contribution >= 4 is 0 Å². The van der Waals surface area contributed by atoms with Gasteiger partial charge in [-0.05, 0) is 26.8 Å². The summed E-state index contributed by atoms with van der Waals surface area (Å²) < 4.78 is 12.2. The Kier molecular flexibility index (Phi) is 11.3. The number of halogens is 1. The van der Waals surface area contributed by atoms with Gasteiger partial charge in [0, 0.05) is 5.57 Å². The van der Waals surface area contributed by atoms with Crippen LogP contribution in [0.3, 0.4) is 0 Å². The smallest absolute Gasteiger partial charge is 0.0980 e. The number of hydrogen-bond acceptors (Lipinski definition) is 0. The molecular weight excluding hydrogens is 151 g/mol. The predicted molar refractivity (Wildman–Crippen MR) is 53.4 cm³/mol. The van der Waals surface area contributed by atoms with E-state index in [2.05, 4.69) is 11.8 Å². The van der Waals surface area contributed by atoms with Crippen LogP contribution in [0.25, 0.3) is 0 Å². The van der Waals surface area contributed by atoms with E-state index in [0.29, 0.717) is 0 Å². The van der Waals surface area contributed by atoms with Crippen molar-refractivity contribution in [3.05, 3.63) is 23.6 Å². The summed E-state index contributed by atoms with van der Waals surface area (Å²) in [5, 5.41) is 0. The van der Waals surface area contributed by atoms with E-state index in [1.54, 1.807) is 13.0 Å². The highest BCUT2D eigenvalue weighted by Gasteiger charge is 1.85. The first-order valence-corrected chi connectivity index (χ1v) is 4.13. The average Bonchev–Trinajstić information content (AvgIpc) is 2.07. The summed E-state index contributed by atoms with van der Waals surface area (Å²) in [4.78, 5) is 0. The number of hydrogen-bond donors (Lipinski definition) is 0. The van der Waals surface area contributed by atoms with Gasteiger partial charge in [0.25, 0.3) is 0 Å². The molecule has 0 unspecified atom stereocenters. The van der Waals surface area contributed by atoms with Gasteiger partial charge in [0.05, 0.1) is 5.83 Å². The maximum absolute atomic E-state index is 12.2. The van der Waals surface area contributed by atoms with Crippen LogP contribution in [-0.2, 0) is 0 Å². The molecular formula is C11H17F.